The summed E-state index contributed by atoms with van der Waals surface area (Å²) in [5, 5.41) is 7.85. The monoisotopic (exact) mass is 264 g/mol. The van der Waals surface area contributed by atoms with Crippen LogP contribution in [0.15, 0.2) is 12.4 Å². The Bertz CT molecular complexity index is 399. The molecule has 0 spiro atoms. The number of aromatic nitrogens is 2. The van der Waals surface area contributed by atoms with Crippen LogP contribution in [-0.4, -0.2) is 40.9 Å². The highest BCUT2D eigenvalue weighted by Crippen LogP contribution is 2.35. The van der Waals surface area contributed by atoms with Gasteiger partial charge < -0.3 is 10.2 Å². The van der Waals surface area contributed by atoms with Crippen LogP contribution in [0.5, 0.6) is 0 Å². The van der Waals surface area contributed by atoms with Crippen molar-refractivity contribution in [1.29, 1.82) is 0 Å². The van der Waals surface area contributed by atoms with Crippen molar-refractivity contribution in [2.75, 3.05) is 20.6 Å². The molecule has 1 aliphatic rings. The number of aryl methyl sites for hydroxylation is 1. The molecule has 0 amide bonds. The number of likely N-dealkylation sites (N-methyl/N-ethyl adjacent to an activating group) is 1. The lowest BCUT2D eigenvalue weighted by molar-refractivity contribution is 0.0749. The average Bonchev–Trinajstić information content (AvgIpc) is 2.75. The van der Waals surface area contributed by atoms with Gasteiger partial charge in [0.05, 0.1) is 6.20 Å². The van der Waals surface area contributed by atoms with Gasteiger partial charge in [-0.3, -0.25) is 4.68 Å². The van der Waals surface area contributed by atoms with Gasteiger partial charge in [0.2, 0.25) is 0 Å². The predicted octanol–water partition coefficient (Wildman–Crippen LogP) is 2.02. The van der Waals surface area contributed by atoms with Crippen LogP contribution < -0.4 is 5.32 Å². The van der Waals surface area contributed by atoms with Crippen LogP contribution in [0.3, 0.4) is 0 Å². The summed E-state index contributed by atoms with van der Waals surface area (Å²) in [6.45, 7) is 4.37. The molecule has 0 aromatic carbocycles. The first-order chi connectivity index (χ1) is 9.02. The van der Waals surface area contributed by atoms with Crippen LogP contribution in [0, 0.1) is 5.92 Å². The summed E-state index contributed by atoms with van der Waals surface area (Å²) < 4.78 is 1.86. The molecule has 2 atom stereocenters. The molecule has 19 heavy (non-hydrogen) atoms. The lowest BCUT2D eigenvalue weighted by atomic mass is 9.75. The number of hydrogen-bond acceptors (Lipinski definition) is 3. The van der Waals surface area contributed by atoms with Gasteiger partial charge in [-0.05, 0) is 32.9 Å². The van der Waals surface area contributed by atoms with E-state index in [1.165, 1.54) is 31.2 Å². The highest BCUT2D eigenvalue weighted by Gasteiger charge is 2.36. The van der Waals surface area contributed by atoms with Crippen molar-refractivity contribution < 1.29 is 0 Å². The predicted molar refractivity (Wildman–Crippen MR) is 79.0 cm³/mol. The summed E-state index contributed by atoms with van der Waals surface area (Å²) in [5.41, 5.74) is 1.60. The maximum atomic E-state index is 4.21. The molecule has 0 aliphatic heterocycles. The van der Waals surface area contributed by atoms with Gasteiger partial charge in [0, 0.05) is 37.4 Å². The van der Waals surface area contributed by atoms with Crippen molar-refractivity contribution >= 4 is 0 Å². The molecule has 1 saturated carbocycles. The zero-order valence-corrected chi connectivity index (χ0v) is 12.8. The van der Waals surface area contributed by atoms with E-state index in [4.69, 9.17) is 0 Å². The first kappa shape index (κ1) is 14.5. The van der Waals surface area contributed by atoms with Gasteiger partial charge in [-0.15, -0.1) is 0 Å². The van der Waals surface area contributed by atoms with Crippen molar-refractivity contribution in [3.63, 3.8) is 0 Å². The Balaban J connectivity index is 1.90. The first-order valence-corrected chi connectivity index (χ1v) is 7.37. The maximum absolute atomic E-state index is 4.21. The third-order valence-electron chi connectivity index (χ3n) is 4.56. The van der Waals surface area contributed by atoms with Crippen LogP contribution in [0.2, 0.25) is 0 Å². The second kappa shape index (κ2) is 6.06. The Hall–Kier alpha value is -0.870. The second-order valence-electron chi connectivity index (χ2n) is 6.45. The average molecular weight is 264 g/mol. The fourth-order valence-electron chi connectivity index (χ4n) is 3.36. The fourth-order valence-corrected chi connectivity index (χ4v) is 3.36. The van der Waals surface area contributed by atoms with Crippen LogP contribution in [-0.2, 0) is 13.6 Å². The maximum Gasteiger partial charge on any atom is 0.0534 e. The van der Waals surface area contributed by atoms with E-state index in [1.54, 1.807) is 0 Å². The molecule has 2 unspecified atom stereocenters. The van der Waals surface area contributed by atoms with Crippen molar-refractivity contribution in [2.45, 2.75) is 44.7 Å². The third kappa shape index (κ3) is 3.57. The molecular weight excluding hydrogens is 236 g/mol. The standard InChI is InChI=1S/C15H28N4/c1-13-6-5-7-15(8-13,18(2)3)12-16-9-14-10-17-19(4)11-14/h10-11,13,16H,5-9,12H2,1-4H3. The normalized spacial score (nSPS) is 27.9. The minimum absolute atomic E-state index is 0.333. The highest BCUT2D eigenvalue weighted by molar-refractivity contribution is 5.03. The molecular formula is C15H28N4. The summed E-state index contributed by atoms with van der Waals surface area (Å²) in [6.07, 6.45) is 9.38. The fraction of sp³-hybridized carbons (Fsp3) is 0.800. The molecule has 4 nitrogen and oxygen atoms in total. The topological polar surface area (TPSA) is 33.1 Å². The molecule has 4 heteroatoms. The number of nitrogens with one attached hydrogen (secondary N) is 1. The Kier molecular flexibility index (Phi) is 4.63. The molecule has 1 aromatic rings. The summed E-state index contributed by atoms with van der Waals surface area (Å²) >= 11 is 0. The van der Waals surface area contributed by atoms with Gasteiger partial charge in [-0.1, -0.05) is 19.8 Å². The Labute approximate surface area is 117 Å². The SMILES string of the molecule is CC1CCCC(CNCc2cnn(C)c2)(N(C)C)C1. The van der Waals surface area contributed by atoms with E-state index in [2.05, 4.69) is 42.5 Å². The summed E-state index contributed by atoms with van der Waals surface area (Å²) in [7, 11) is 6.42. The number of hydrogen-bond donors (Lipinski definition) is 1. The van der Waals surface area contributed by atoms with Gasteiger partial charge in [0.15, 0.2) is 0 Å². The van der Waals surface area contributed by atoms with E-state index >= 15 is 0 Å². The van der Waals surface area contributed by atoms with Crippen LogP contribution in [0.1, 0.15) is 38.2 Å². The van der Waals surface area contributed by atoms with E-state index in [1.807, 2.05) is 17.9 Å². The third-order valence-corrected chi connectivity index (χ3v) is 4.56. The van der Waals surface area contributed by atoms with Gasteiger partial charge in [0.25, 0.3) is 0 Å². The van der Waals surface area contributed by atoms with Crippen molar-refractivity contribution in [2.24, 2.45) is 13.0 Å². The molecule has 1 aliphatic carbocycles. The molecule has 1 heterocycles. The van der Waals surface area contributed by atoms with Crippen molar-refractivity contribution in [3.05, 3.63) is 18.0 Å². The quantitative estimate of drug-likeness (QED) is 0.883. The van der Waals surface area contributed by atoms with Crippen molar-refractivity contribution in [3.8, 4) is 0 Å². The zero-order chi connectivity index (χ0) is 13.9. The van der Waals surface area contributed by atoms with Crippen LogP contribution in [0.25, 0.3) is 0 Å². The Morgan fingerprint density at radius 2 is 2.32 bits per heavy atom. The first-order valence-electron chi connectivity index (χ1n) is 7.37. The van der Waals surface area contributed by atoms with Gasteiger partial charge >= 0.3 is 0 Å². The lowest BCUT2D eigenvalue weighted by Gasteiger charge is -2.45. The smallest absolute Gasteiger partial charge is 0.0534 e. The Morgan fingerprint density at radius 1 is 1.53 bits per heavy atom. The van der Waals surface area contributed by atoms with E-state index in [-0.39, 0.29) is 0 Å². The summed E-state index contributed by atoms with van der Waals surface area (Å²) in [4.78, 5) is 2.43. The van der Waals surface area contributed by atoms with Crippen LogP contribution >= 0.6 is 0 Å². The summed E-state index contributed by atoms with van der Waals surface area (Å²) in [6, 6.07) is 0. The lowest BCUT2D eigenvalue weighted by Crippen LogP contribution is -2.54. The van der Waals surface area contributed by atoms with E-state index in [0.717, 1.165) is 19.0 Å². The molecule has 1 aromatic heterocycles. The molecule has 1 N–H and O–H groups in total. The molecule has 2 rings (SSSR count). The minimum atomic E-state index is 0.333. The number of nitrogens with zero attached hydrogens (tertiary/aromatic N) is 3. The molecule has 0 bridgehead atoms. The minimum Gasteiger partial charge on any atom is -0.311 e. The second-order valence-corrected chi connectivity index (χ2v) is 6.45. The highest BCUT2D eigenvalue weighted by atomic mass is 15.2. The van der Waals surface area contributed by atoms with E-state index in [9.17, 15) is 0 Å². The van der Waals surface area contributed by atoms with Gasteiger partial charge in [0.1, 0.15) is 0 Å². The molecule has 108 valence electrons. The summed E-state index contributed by atoms with van der Waals surface area (Å²) in [5.74, 6) is 0.844. The van der Waals surface area contributed by atoms with Gasteiger partial charge in [-0.2, -0.15) is 5.10 Å². The van der Waals surface area contributed by atoms with Gasteiger partial charge in [-0.25, -0.2) is 0 Å². The molecule has 0 saturated heterocycles. The number of rotatable bonds is 5. The largest absolute Gasteiger partial charge is 0.311 e. The van der Waals surface area contributed by atoms with E-state index < -0.39 is 0 Å². The van der Waals surface area contributed by atoms with Crippen molar-refractivity contribution in [1.82, 2.24) is 20.0 Å². The molecule has 1 fully saturated rings. The van der Waals surface area contributed by atoms with Crippen LogP contribution in [0.4, 0.5) is 0 Å². The zero-order valence-electron chi connectivity index (χ0n) is 12.8. The Morgan fingerprint density at radius 3 is 2.89 bits per heavy atom. The van der Waals surface area contributed by atoms with E-state index in [0.29, 0.717) is 5.54 Å². The molecule has 0 radical (unpaired) electrons.